The van der Waals surface area contributed by atoms with E-state index in [-0.39, 0.29) is 0 Å². The van der Waals surface area contributed by atoms with Crippen molar-refractivity contribution in [1.82, 2.24) is 35.4 Å². The van der Waals surface area contributed by atoms with E-state index >= 15 is 0 Å². The number of hydrogen-bond acceptors (Lipinski definition) is 6. The summed E-state index contributed by atoms with van der Waals surface area (Å²) in [6, 6.07) is 16.9. The van der Waals surface area contributed by atoms with Crippen LogP contribution in [0.4, 0.5) is 0 Å². The number of rotatable bonds is 7. The second-order valence-electron chi connectivity index (χ2n) is 6.96. The smallest absolute Gasteiger partial charge is 0.205 e. The lowest BCUT2D eigenvalue weighted by Gasteiger charge is -2.12. The van der Waals surface area contributed by atoms with Gasteiger partial charge in [0.05, 0.1) is 11.8 Å². The Balaban J connectivity index is 1.61. The maximum absolute atomic E-state index is 4.67. The Morgan fingerprint density at radius 2 is 1.83 bits per heavy atom. The summed E-state index contributed by atoms with van der Waals surface area (Å²) in [5, 5.41) is 19.0. The first-order valence-electron chi connectivity index (χ1n) is 9.67. The minimum Gasteiger partial charge on any atom is -0.247 e. The Labute approximate surface area is 175 Å². The molecule has 1 unspecified atom stereocenters. The molecule has 7 nitrogen and oxygen atoms in total. The Morgan fingerprint density at radius 1 is 1.07 bits per heavy atom. The van der Waals surface area contributed by atoms with Crippen LogP contribution in [0.2, 0.25) is 0 Å². The average molecular weight is 406 g/mol. The van der Waals surface area contributed by atoms with E-state index in [1.807, 2.05) is 22.9 Å². The molecule has 0 aliphatic heterocycles. The predicted molar refractivity (Wildman–Crippen MR) is 116 cm³/mol. The second kappa shape index (κ2) is 8.57. The summed E-state index contributed by atoms with van der Waals surface area (Å²) in [5.41, 5.74) is 4.31. The highest BCUT2D eigenvalue weighted by Gasteiger charge is 2.15. The summed E-state index contributed by atoms with van der Waals surface area (Å²) >= 11 is 4.33. The van der Waals surface area contributed by atoms with E-state index in [0.29, 0.717) is 17.6 Å². The third kappa shape index (κ3) is 4.07. The topological polar surface area (TPSA) is 85.2 Å². The molecule has 4 rings (SSSR count). The van der Waals surface area contributed by atoms with Gasteiger partial charge < -0.3 is 0 Å². The minimum atomic E-state index is 0.312. The van der Waals surface area contributed by atoms with Gasteiger partial charge in [0.2, 0.25) is 5.82 Å². The molecular weight excluding hydrogens is 382 g/mol. The largest absolute Gasteiger partial charge is 0.247 e. The number of nitrogens with one attached hydrogen (secondary N) is 1. The maximum atomic E-state index is 4.67. The monoisotopic (exact) mass is 405 g/mol. The van der Waals surface area contributed by atoms with Gasteiger partial charge in [0.25, 0.3) is 0 Å². The molecule has 0 saturated heterocycles. The van der Waals surface area contributed by atoms with Crippen molar-refractivity contribution in [2.45, 2.75) is 38.5 Å². The quantitative estimate of drug-likeness (QED) is 0.452. The summed E-state index contributed by atoms with van der Waals surface area (Å²) in [6.45, 7) is 4.32. The van der Waals surface area contributed by atoms with Crippen LogP contribution in [0.25, 0.3) is 22.5 Å². The van der Waals surface area contributed by atoms with E-state index in [1.54, 1.807) is 0 Å². The predicted octanol–water partition coefficient (Wildman–Crippen LogP) is 4.12. The Kier molecular flexibility index (Phi) is 5.71. The molecular formula is C21H23N7S. The van der Waals surface area contributed by atoms with E-state index < -0.39 is 0 Å². The highest BCUT2D eigenvalue weighted by Crippen LogP contribution is 2.30. The highest BCUT2D eigenvalue weighted by atomic mass is 32.1. The van der Waals surface area contributed by atoms with Crippen molar-refractivity contribution in [3.63, 3.8) is 0 Å². The van der Waals surface area contributed by atoms with E-state index in [4.69, 9.17) is 0 Å². The van der Waals surface area contributed by atoms with Crippen LogP contribution in [-0.4, -0.2) is 35.4 Å². The fourth-order valence-electron chi connectivity index (χ4n) is 3.31. The molecule has 1 atom stereocenters. The van der Waals surface area contributed by atoms with Crippen LogP contribution in [0.5, 0.6) is 0 Å². The number of thiol groups is 1. The van der Waals surface area contributed by atoms with Gasteiger partial charge in [-0.15, -0.1) is 10.2 Å². The van der Waals surface area contributed by atoms with Gasteiger partial charge in [-0.25, -0.2) is 9.67 Å². The van der Waals surface area contributed by atoms with Gasteiger partial charge in [-0.2, -0.15) is 22.9 Å². The molecule has 2 heterocycles. The molecule has 0 aliphatic carbocycles. The van der Waals surface area contributed by atoms with Crippen LogP contribution < -0.4 is 0 Å². The molecule has 2 aromatic carbocycles. The van der Waals surface area contributed by atoms with Gasteiger partial charge in [0, 0.05) is 12.0 Å². The standard InChI is InChI=1S/C21H23N7S/c1-3-14(2)28-20(22-19(13-29)25-28)12-15-8-10-16(11-9-15)17-6-4-5-7-18(17)21-23-26-27-24-21/h4-11,14,29H,3,12-13H2,1-2H3,(H,23,24,26,27). The Bertz CT molecular complexity index is 1070. The number of tetrazole rings is 1. The van der Waals surface area contributed by atoms with Crippen LogP contribution in [0.3, 0.4) is 0 Å². The van der Waals surface area contributed by atoms with Crippen LogP contribution in [0.1, 0.15) is 43.5 Å². The number of nitrogens with zero attached hydrogens (tertiary/aromatic N) is 6. The molecule has 0 amide bonds. The first-order valence-corrected chi connectivity index (χ1v) is 10.3. The van der Waals surface area contributed by atoms with Crippen LogP contribution in [0, 0.1) is 0 Å². The molecule has 8 heteroatoms. The average Bonchev–Trinajstić information content (AvgIpc) is 3.44. The number of hydrogen-bond donors (Lipinski definition) is 2. The zero-order valence-corrected chi connectivity index (χ0v) is 17.3. The number of H-pyrrole nitrogens is 1. The van der Waals surface area contributed by atoms with Crippen molar-refractivity contribution in [3.05, 3.63) is 65.7 Å². The van der Waals surface area contributed by atoms with Gasteiger partial charge in [-0.05, 0) is 35.2 Å². The number of aromatic amines is 1. The SMILES string of the molecule is CCC(C)n1nc(CS)nc1Cc1ccc(-c2ccccc2-c2nn[nH]n2)cc1. The fourth-order valence-corrected chi connectivity index (χ4v) is 3.44. The molecule has 0 fully saturated rings. The lowest BCUT2D eigenvalue weighted by molar-refractivity contribution is 0.459. The van der Waals surface area contributed by atoms with Crippen LogP contribution in [0.15, 0.2) is 48.5 Å². The van der Waals surface area contributed by atoms with Crippen molar-refractivity contribution in [2.75, 3.05) is 0 Å². The summed E-state index contributed by atoms with van der Waals surface area (Å²) in [5.74, 6) is 2.88. The summed E-state index contributed by atoms with van der Waals surface area (Å²) in [4.78, 5) is 4.67. The molecule has 1 N–H and O–H groups in total. The van der Waals surface area contributed by atoms with E-state index in [1.165, 1.54) is 5.56 Å². The van der Waals surface area contributed by atoms with E-state index in [2.05, 4.69) is 87.5 Å². The van der Waals surface area contributed by atoms with Crippen molar-refractivity contribution >= 4 is 12.6 Å². The lowest BCUT2D eigenvalue weighted by Crippen LogP contribution is -2.11. The molecule has 0 radical (unpaired) electrons. The summed E-state index contributed by atoms with van der Waals surface area (Å²) < 4.78 is 2.03. The van der Waals surface area contributed by atoms with Crippen molar-refractivity contribution in [1.29, 1.82) is 0 Å². The first kappa shape index (κ1) is 19.3. The van der Waals surface area contributed by atoms with Gasteiger partial charge in [-0.3, -0.25) is 0 Å². The summed E-state index contributed by atoms with van der Waals surface area (Å²) in [7, 11) is 0. The highest BCUT2D eigenvalue weighted by molar-refractivity contribution is 7.79. The van der Waals surface area contributed by atoms with Crippen molar-refractivity contribution < 1.29 is 0 Å². The zero-order valence-electron chi connectivity index (χ0n) is 16.4. The fraction of sp³-hybridized carbons (Fsp3) is 0.286. The van der Waals surface area contributed by atoms with Crippen LogP contribution in [-0.2, 0) is 12.2 Å². The molecule has 29 heavy (non-hydrogen) atoms. The number of aromatic nitrogens is 7. The molecule has 0 spiro atoms. The second-order valence-corrected chi connectivity index (χ2v) is 7.28. The maximum Gasteiger partial charge on any atom is 0.205 e. The van der Waals surface area contributed by atoms with E-state index in [9.17, 15) is 0 Å². The normalized spacial score (nSPS) is 12.2. The molecule has 4 aromatic rings. The van der Waals surface area contributed by atoms with Gasteiger partial charge in [0.15, 0.2) is 5.82 Å². The third-order valence-electron chi connectivity index (χ3n) is 5.04. The molecule has 0 aliphatic rings. The summed E-state index contributed by atoms with van der Waals surface area (Å²) in [6.07, 6.45) is 1.74. The lowest BCUT2D eigenvalue weighted by atomic mass is 9.98. The molecule has 0 bridgehead atoms. The Hall–Kier alpha value is -3.00. The molecule has 0 saturated carbocycles. The molecule has 148 valence electrons. The van der Waals surface area contributed by atoms with E-state index in [0.717, 1.165) is 41.2 Å². The third-order valence-corrected chi connectivity index (χ3v) is 5.32. The van der Waals surface area contributed by atoms with Gasteiger partial charge in [-0.1, -0.05) is 55.5 Å². The minimum absolute atomic E-state index is 0.312. The Morgan fingerprint density at radius 3 is 2.48 bits per heavy atom. The van der Waals surface area contributed by atoms with Crippen molar-refractivity contribution in [3.8, 4) is 22.5 Å². The zero-order chi connectivity index (χ0) is 20.2. The van der Waals surface area contributed by atoms with Crippen molar-refractivity contribution in [2.24, 2.45) is 0 Å². The first-order chi connectivity index (χ1) is 14.2. The number of benzene rings is 2. The van der Waals surface area contributed by atoms with Gasteiger partial charge >= 0.3 is 0 Å². The van der Waals surface area contributed by atoms with Gasteiger partial charge in [0.1, 0.15) is 5.82 Å². The van der Waals surface area contributed by atoms with Crippen LogP contribution >= 0.6 is 12.6 Å². The molecule has 2 aromatic heterocycles.